The van der Waals surface area contributed by atoms with Crippen LogP contribution >= 0.6 is 0 Å². The summed E-state index contributed by atoms with van der Waals surface area (Å²) in [4.78, 5) is 24.4. The highest BCUT2D eigenvalue weighted by Gasteiger charge is 2.14. The molecule has 0 aliphatic carbocycles. The van der Waals surface area contributed by atoms with Gasteiger partial charge in [0, 0.05) is 42.4 Å². The lowest BCUT2D eigenvalue weighted by Crippen LogP contribution is -2.21. The molecule has 0 spiro atoms. The second kappa shape index (κ2) is 6.58. The van der Waals surface area contributed by atoms with Crippen molar-refractivity contribution < 1.29 is 9.59 Å². The van der Waals surface area contributed by atoms with E-state index in [-0.39, 0.29) is 18.2 Å². The van der Waals surface area contributed by atoms with Gasteiger partial charge in [0.1, 0.15) is 0 Å². The fourth-order valence-corrected chi connectivity index (χ4v) is 2.75. The molecule has 1 heterocycles. The fraction of sp³-hybridized carbons (Fsp3) is 0.158. The number of likely N-dealkylation sites (N-methyl/N-ethyl adjacent to an activating group) is 1. The van der Waals surface area contributed by atoms with E-state index in [1.807, 2.05) is 54.2 Å². The second-order valence-electron chi connectivity index (χ2n) is 5.63. The molecule has 3 rings (SSSR count). The maximum absolute atomic E-state index is 12.7. The number of carbonyl (C=O) groups is 2. The van der Waals surface area contributed by atoms with E-state index < -0.39 is 0 Å². The Bertz CT molecular complexity index is 912. The average molecular weight is 321 g/mol. The number of nitrogens with zero attached hydrogens (tertiary/aromatic N) is 1. The summed E-state index contributed by atoms with van der Waals surface area (Å²) in [5.74, 6) is -0.280. The van der Waals surface area contributed by atoms with E-state index in [9.17, 15) is 9.59 Å². The molecule has 0 saturated heterocycles. The van der Waals surface area contributed by atoms with Crippen LogP contribution in [0.5, 0.6) is 0 Å². The van der Waals surface area contributed by atoms with Crippen molar-refractivity contribution in [2.45, 2.75) is 6.42 Å². The van der Waals surface area contributed by atoms with Crippen LogP contribution in [0.15, 0.2) is 54.7 Å². The zero-order chi connectivity index (χ0) is 17.1. The number of nitrogens with one attached hydrogen (secondary N) is 2. The number of hydrogen-bond acceptors (Lipinski definition) is 2. The molecule has 2 aromatic carbocycles. The Morgan fingerprint density at radius 3 is 2.62 bits per heavy atom. The van der Waals surface area contributed by atoms with Crippen molar-refractivity contribution in [3.63, 3.8) is 0 Å². The summed E-state index contributed by atoms with van der Waals surface area (Å²) in [6.45, 7) is 0. The summed E-state index contributed by atoms with van der Waals surface area (Å²) < 4.78 is 1.98. The van der Waals surface area contributed by atoms with Gasteiger partial charge in [0.15, 0.2) is 0 Å². The molecule has 5 heteroatoms. The van der Waals surface area contributed by atoms with Gasteiger partial charge < -0.3 is 15.2 Å². The molecular formula is C19H19N3O2. The Kier molecular flexibility index (Phi) is 4.33. The van der Waals surface area contributed by atoms with Crippen molar-refractivity contribution in [2.24, 2.45) is 7.05 Å². The second-order valence-corrected chi connectivity index (χ2v) is 5.63. The number of rotatable bonds is 4. The third-order valence-corrected chi connectivity index (χ3v) is 4.07. The van der Waals surface area contributed by atoms with Gasteiger partial charge in [-0.3, -0.25) is 9.59 Å². The molecule has 3 aromatic rings. The lowest BCUT2D eigenvalue weighted by molar-refractivity contribution is -0.119. The molecule has 0 bridgehead atoms. The number of fused-ring (bicyclic) bond motifs is 1. The van der Waals surface area contributed by atoms with Crippen LogP contribution in [0, 0.1) is 0 Å². The summed E-state index contributed by atoms with van der Waals surface area (Å²) in [6.07, 6.45) is 2.16. The third-order valence-electron chi connectivity index (χ3n) is 4.07. The van der Waals surface area contributed by atoms with E-state index in [4.69, 9.17) is 0 Å². The van der Waals surface area contributed by atoms with E-state index in [2.05, 4.69) is 10.6 Å². The van der Waals surface area contributed by atoms with Crippen LogP contribution < -0.4 is 10.6 Å². The van der Waals surface area contributed by atoms with E-state index in [0.717, 1.165) is 16.5 Å². The maximum Gasteiger partial charge on any atom is 0.256 e. The average Bonchev–Trinajstić information content (AvgIpc) is 2.98. The number of hydrogen-bond donors (Lipinski definition) is 2. The molecule has 5 nitrogen and oxygen atoms in total. The van der Waals surface area contributed by atoms with E-state index in [0.29, 0.717) is 11.3 Å². The molecule has 122 valence electrons. The first-order valence-corrected chi connectivity index (χ1v) is 7.74. The van der Waals surface area contributed by atoms with Gasteiger partial charge in [-0.2, -0.15) is 0 Å². The minimum atomic E-state index is -0.184. The van der Waals surface area contributed by atoms with Crippen molar-refractivity contribution in [2.75, 3.05) is 12.4 Å². The predicted molar refractivity (Wildman–Crippen MR) is 95.1 cm³/mol. The number of para-hydroxylation sites is 1. The highest BCUT2D eigenvalue weighted by atomic mass is 16.2. The molecule has 0 saturated carbocycles. The molecule has 24 heavy (non-hydrogen) atoms. The van der Waals surface area contributed by atoms with Gasteiger partial charge in [0.05, 0.1) is 6.42 Å². The molecule has 2 amide bonds. The Morgan fingerprint density at radius 2 is 1.83 bits per heavy atom. The molecule has 1 aromatic heterocycles. The predicted octanol–water partition coefficient (Wildman–Crippen LogP) is 2.72. The van der Waals surface area contributed by atoms with Crippen molar-refractivity contribution in [3.8, 4) is 0 Å². The molecule has 0 fully saturated rings. The van der Waals surface area contributed by atoms with Crippen LogP contribution in [-0.4, -0.2) is 23.4 Å². The van der Waals surface area contributed by atoms with Crippen molar-refractivity contribution in [1.29, 1.82) is 0 Å². The van der Waals surface area contributed by atoms with Crippen LogP contribution in [0.25, 0.3) is 10.9 Å². The van der Waals surface area contributed by atoms with Gasteiger partial charge in [0.25, 0.3) is 5.91 Å². The maximum atomic E-state index is 12.7. The zero-order valence-corrected chi connectivity index (χ0v) is 13.7. The van der Waals surface area contributed by atoms with Gasteiger partial charge in [0.2, 0.25) is 5.91 Å². The molecule has 0 atom stereocenters. The lowest BCUT2D eigenvalue weighted by atomic mass is 10.1. The van der Waals surface area contributed by atoms with Crippen molar-refractivity contribution in [3.05, 3.63) is 65.9 Å². The minimum absolute atomic E-state index is 0.0955. The smallest absolute Gasteiger partial charge is 0.256 e. The molecule has 0 radical (unpaired) electrons. The SMILES string of the molecule is CNC(=O)Cc1ccccc1NC(=O)c1cccc2c1ccn2C. The normalized spacial score (nSPS) is 10.6. The Morgan fingerprint density at radius 1 is 1.04 bits per heavy atom. The topological polar surface area (TPSA) is 63.1 Å². The minimum Gasteiger partial charge on any atom is -0.359 e. The van der Waals surface area contributed by atoms with Crippen LogP contribution in [0.2, 0.25) is 0 Å². The number of carbonyl (C=O) groups excluding carboxylic acids is 2. The van der Waals surface area contributed by atoms with Crippen LogP contribution in [-0.2, 0) is 18.3 Å². The highest BCUT2D eigenvalue weighted by Crippen LogP contribution is 2.22. The van der Waals surface area contributed by atoms with Gasteiger partial charge >= 0.3 is 0 Å². The first kappa shape index (κ1) is 15.8. The summed E-state index contributed by atoms with van der Waals surface area (Å²) in [5, 5.41) is 6.43. The van der Waals surface area contributed by atoms with Gasteiger partial charge in [-0.05, 0) is 29.8 Å². The monoisotopic (exact) mass is 321 g/mol. The summed E-state index contributed by atoms with van der Waals surface area (Å²) in [7, 11) is 3.54. The van der Waals surface area contributed by atoms with Gasteiger partial charge in [-0.15, -0.1) is 0 Å². The van der Waals surface area contributed by atoms with Crippen LogP contribution in [0.1, 0.15) is 15.9 Å². The number of aryl methyl sites for hydroxylation is 1. The standard InChI is InChI=1S/C19H19N3O2/c1-20-18(23)12-13-6-3-4-8-16(13)21-19(24)15-7-5-9-17-14(15)10-11-22(17)2/h3-11H,12H2,1-2H3,(H,20,23)(H,21,24). The number of amides is 2. The van der Waals surface area contributed by atoms with E-state index in [1.54, 1.807) is 19.2 Å². The lowest BCUT2D eigenvalue weighted by Gasteiger charge is -2.11. The summed E-state index contributed by atoms with van der Waals surface area (Å²) in [5.41, 5.74) is 3.05. The Hall–Kier alpha value is -3.08. The molecule has 0 unspecified atom stereocenters. The van der Waals surface area contributed by atoms with Crippen molar-refractivity contribution in [1.82, 2.24) is 9.88 Å². The summed E-state index contributed by atoms with van der Waals surface area (Å²) >= 11 is 0. The number of aromatic nitrogens is 1. The number of anilines is 1. The Labute approximate surface area is 140 Å². The first-order valence-electron chi connectivity index (χ1n) is 7.74. The molecule has 0 aliphatic rings. The largest absolute Gasteiger partial charge is 0.359 e. The molecule has 2 N–H and O–H groups in total. The molecule has 0 aliphatic heterocycles. The highest BCUT2D eigenvalue weighted by molar-refractivity contribution is 6.13. The Balaban J connectivity index is 1.91. The molecular weight excluding hydrogens is 302 g/mol. The third kappa shape index (κ3) is 3.01. The van der Waals surface area contributed by atoms with Gasteiger partial charge in [-0.1, -0.05) is 24.3 Å². The van der Waals surface area contributed by atoms with Gasteiger partial charge in [-0.25, -0.2) is 0 Å². The van der Waals surface area contributed by atoms with Crippen molar-refractivity contribution >= 4 is 28.4 Å². The first-order chi connectivity index (χ1) is 11.6. The van der Waals surface area contributed by atoms with E-state index in [1.165, 1.54) is 0 Å². The van der Waals surface area contributed by atoms with E-state index >= 15 is 0 Å². The zero-order valence-electron chi connectivity index (χ0n) is 13.7. The quantitative estimate of drug-likeness (QED) is 0.776. The fourth-order valence-electron chi connectivity index (χ4n) is 2.75. The number of benzene rings is 2. The van der Waals surface area contributed by atoms with Crippen LogP contribution in [0.3, 0.4) is 0 Å². The van der Waals surface area contributed by atoms with Crippen LogP contribution in [0.4, 0.5) is 5.69 Å². The summed E-state index contributed by atoms with van der Waals surface area (Å²) in [6, 6.07) is 14.9.